The number of nitrogens with zero attached hydrogens (tertiary/aromatic N) is 4. The highest BCUT2D eigenvalue weighted by molar-refractivity contribution is 5.82. The Morgan fingerprint density at radius 1 is 1.10 bits per heavy atom. The van der Waals surface area contributed by atoms with Crippen LogP contribution in [0.4, 0.5) is 0 Å². The average Bonchev–Trinajstić information content (AvgIpc) is 3.18. The van der Waals surface area contributed by atoms with E-state index in [1.54, 1.807) is 0 Å². The molecule has 0 spiro atoms. The molecule has 0 N–H and O–H groups in total. The summed E-state index contributed by atoms with van der Waals surface area (Å²) in [5.41, 5.74) is 7.18. The van der Waals surface area contributed by atoms with Crippen LogP contribution >= 0.6 is 0 Å². The predicted molar refractivity (Wildman–Crippen MR) is 137 cm³/mol. The fraction of sp³-hybridized carbons (Fsp3) is 0.407. The van der Waals surface area contributed by atoms with Crippen LogP contribution in [0.2, 0.25) is 0 Å². The van der Waals surface area contributed by atoms with Crippen molar-refractivity contribution in [3.05, 3.63) is 77.9 Å². The Balaban J connectivity index is 0.000000409. The van der Waals surface area contributed by atoms with E-state index in [4.69, 9.17) is 0 Å². The highest BCUT2D eigenvalue weighted by Crippen LogP contribution is 2.25. The number of fused-ring (bicyclic) bond motifs is 1. The Morgan fingerprint density at radius 2 is 1.74 bits per heavy atom. The molecule has 4 heteroatoms. The number of hydrogen-bond donors (Lipinski definition) is 0. The number of pyridine rings is 2. The SMILES string of the molecule is C=Cc1cnn2ccc(C(=C)c3ccc(C)nc3C)cc12.CC.CCCN(C)CCC. The van der Waals surface area contributed by atoms with E-state index in [1.165, 1.54) is 25.9 Å². The van der Waals surface area contributed by atoms with Crippen LogP contribution in [0.5, 0.6) is 0 Å². The molecule has 0 fully saturated rings. The molecule has 3 rings (SSSR count). The van der Waals surface area contributed by atoms with Crippen molar-refractivity contribution >= 4 is 17.2 Å². The third-order valence-corrected chi connectivity index (χ3v) is 4.88. The zero-order valence-corrected chi connectivity index (χ0v) is 20.6. The van der Waals surface area contributed by atoms with Crippen molar-refractivity contribution in [3.8, 4) is 0 Å². The summed E-state index contributed by atoms with van der Waals surface area (Å²) < 4.78 is 1.84. The van der Waals surface area contributed by atoms with Crippen LogP contribution in [0.25, 0.3) is 17.2 Å². The second-order valence-corrected chi connectivity index (χ2v) is 7.42. The van der Waals surface area contributed by atoms with Gasteiger partial charge in [-0.25, -0.2) is 4.52 Å². The van der Waals surface area contributed by atoms with Gasteiger partial charge in [0, 0.05) is 28.7 Å². The summed E-state index contributed by atoms with van der Waals surface area (Å²) in [4.78, 5) is 6.87. The smallest absolute Gasteiger partial charge is 0.0739 e. The van der Waals surface area contributed by atoms with Crippen molar-refractivity contribution < 1.29 is 0 Å². The van der Waals surface area contributed by atoms with E-state index in [0.717, 1.165) is 39.2 Å². The highest BCUT2D eigenvalue weighted by Gasteiger charge is 2.09. The van der Waals surface area contributed by atoms with Crippen LogP contribution in [-0.2, 0) is 0 Å². The number of rotatable bonds is 7. The minimum atomic E-state index is 0.971. The van der Waals surface area contributed by atoms with Gasteiger partial charge in [-0.05, 0) is 76.2 Å². The Bertz CT molecular complexity index is 963. The van der Waals surface area contributed by atoms with Gasteiger partial charge in [0.1, 0.15) is 0 Å². The van der Waals surface area contributed by atoms with Crippen LogP contribution in [-0.4, -0.2) is 39.6 Å². The van der Waals surface area contributed by atoms with E-state index in [-0.39, 0.29) is 0 Å². The quantitative estimate of drug-likeness (QED) is 0.421. The first kappa shape index (κ1) is 26.3. The van der Waals surface area contributed by atoms with Crippen molar-refractivity contribution in [1.82, 2.24) is 19.5 Å². The van der Waals surface area contributed by atoms with E-state index < -0.39 is 0 Å². The summed E-state index contributed by atoms with van der Waals surface area (Å²) in [6.45, 7) is 23.0. The number of aryl methyl sites for hydroxylation is 2. The maximum absolute atomic E-state index is 4.51. The molecule has 0 saturated heterocycles. The molecular formula is C27H40N4. The average molecular weight is 421 g/mol. The number of aromatic nitrogens is 3. The van der Waals surface area contributed by atoms with Crippen LogP contribution < -0.4 is 0 Å². The lowest BCUT2D eigenvalue weighted by atomic mass is 9.98. The molecule has 0 aliphatic heterocycles. The molecule has 3 heterocycles. The molecule has 0 aliphatic carbocycles. The molecule has 0 saturated carbocycles. The second kappa shape index (κ2) is 13.6. The van der Waals surface area contributed by atoms with Crippen molar-refractivity contribution in [2.24, 2.45) is 0 Å². The maximum atomic E-state index is 4.51. The fourth-order valence-corrected chi connectivity index (χ4v) is 3.38. The lowest BCUT2D eigenvalue weighted by Crippen LogP contribution is -2.19. The molecule has 3 aromatic heterocycles. The maximum Gasteiger partial charge on any atom is 0.0739 e. The Morgan fingerprint density at radius 3 is 2.29 bits per heavy atom. The van der Waals surface area contributed by atoms with Gasteiger partial charge >= 0.3 is 0 Å². The molecule has 3 aromatic rings. The Hall–Kier alpha value is -2.72. The lowest BCUT2D eigenvalue weighted by Gasteiger charge is -2.12. The van der Waals surface area contributed by atoms with Gasteiger partial charge in [0.15, 0.2) is 0 Å². The summed E-state index contributed by atoms with van der Waals surface area (Å²) in [5, 5.41) is 4.30. The van der Waals surface area contributed by atoms with E-state index in [9.17, 15) is 0 Å². The van der Waals surface area contributed by atoms with E-state index >= 15 is 0 Å². The van der Waals surface area contributed by atoms with Gasteiger partial charge in [-0.15, -0.1) is 0 Å². The summed E-state index contributed by atoms with van der Waals surface area (Å²) in [6, 6.07) is 8.20. The van der Waals surface area contributed by atoms with Gasteiger partial charge in [0.2, 0.25) is 0 Å². The first-order chi connectivity index (χ1) is 14.9. The van der Waals surface area contributed by atoms with Crippen molar-refractivity contribution in [2.45, 2.75) is 54.4 Å². The molecule has 31 heavy (non-hydrogen) atoms. The van der Waals surface area contributed by atoms with E-state index in [1.807, 2.05) is 62.8 Å². The highest BCUT2D eigenvalue weighted by atomic mass is 15.2. The summed E-state index contributed by atoms with van der Waals surface area (Å²) in [5.74, 6) is 0. The summed E-state index contributed by atoms with van der Waals surface area (Å²) in [7, 11) is 2.17. The normalized spacial score (nSPS) is 10.2. The topological polar surface area (TPSA) is 33.4 Å². The molecule has 0 atom stereocenters. The van der Waals surface area contributed by atoms with Gasteiger partial charge in [-0.1, -0.05) is 53.0 Å². The van der Waals surface area contributed by atoms with Gasteiger partial charge in [0.25, 0.3) is 0 Å². The molecule has 0 radical (unpaired) electrons. The molecule has 0 unspecified atom stereocenters. The Kier molecular flexibility index (Phi) is 11.5. The molecule has 0 bridgehead atoms. The lowest BCUT2D eigenvalue weighted by molar-refractivity contribution is 0.335. The second-order valence-electron chi connectivity index (χ2n) is 7.42. The van der Waals surface area contributed by atoms with Crippen LogP contribution in [0.15, 0.2) is 49.8 Å². The predicted octanol–water partition coefficient (Wildman–Crippen LogP) is 6.82. The van der Waals surface area contributed by atoms with Gasteiger partial charge < -0.3 is 4.90 Å². The van der Waals surface area contributed by atoms with Gasteiger partial charge in [-0.3, -0.25) is 4.98 Å². The standard InChI is InChI=1S/C18H17N3.C7H17N.C2H6/c1-5-15-11-19-21-9-8-16(10-18(15)21)13(3)17-7-6-12(2)20-14(17)4;1-4-6-8(3)7-5-2;1-2/h5-11H,1,3H2,2,4H3;4-7H2,1-3H3;1-2H3. The van der Waals surface area contributed by atoms with E-state index in [0.29, 0.717) is 0 Å². The minimum absolute atomic E-state index is 0.971. The fourth-order valence-electron chi connectivity index (χ4n) is 3.38. The van der Waals surface area contributed by atoms with Gasteiger partial charge in [-0.2, -0.15) is 5.10 Å². The van der Waals surface area contributed by atoms with Gasteiger partial charge in [0.05, 0.1) is 11.7 Å². The molecule has 0 aromatic carbocycles. The molecule has 4 nitrogen and oxygen atoms in total. The van der Waals surface area contributed by atoms with E-state index in [2.05, 4.69) is 61.2 Å². The largest absolute Gasteiger partial charge is 0.306 e. The minimum Gasteiger partial charge on any atom is -0.306 e. The Labute approximate surface area is 189 Å². The zero-order valence-electron chi connectivity index (χ0n) is 20.6. The third-order valence-electron chi connectivity index (χ3n) is 4.88. The van der Waals surface area contributed by atoms with Crippen LogP contribution in [0, 0.1) is 13.8 Å². The molecular weight excluding hydrogens is 380 g/mol. The third kappa shape index (κ3) is 7.48. The van der Waals surface area contributed by atoms with Crippen molar-refractivity contribution in [3.63, 3.8) is 0 Å². The first-order valence-electron chi connectivity index (χ1n) is 11.3. The van der Waals surface area contributed by atoms with Crippen molar-refractivity contribution in [2.75, 3.05) is 20.1 Å². The monoisotopic (exact) mass is 420 g/mol. The zero-order chi connectivity index (χ0) is 23.4. The molecule has 0 aliphatic rings. The number of hydrogen-bond acceptors (Lipinski definition) is 3. The summed E-state index contributed by atoms with van der Waals surface area (Å²) >= 11 is 0. The van der Waals surface area contributed by atoms with Crippen LogP contribution in [0.1, 0.15) is 68.6 Å². The van der Waals surface area contributed by atoms with Crippen LogP contribution in [0.3, 0.4) is 0 Å². The van der Waals surface area contributed by atoms with Crippen molar-refractivity contribution in [1.29, 1.82) is 0 Å². The molecule has 168 valence electrons. The molecule has 0 amide bonds. The first-order valence-corrected chi connectivity index (χ1v) is 11.3. The summed E-state index contributed by atoms with van der Waals surface area (Å²) in [6.07, 6.45) is 8.12.